The minimum Gasteiger partial charge on any atom is -0.481 e. The monoisotopic (exact) mass is 493 g/mol. The second-order valence-electron chi connectivity index (χ2n) is 8.86. The number of nitrogens with zero attached hydrogens (tertiary/aromatic N) is 3. The van der Waals surface area contributed by atoms with Crippen LogP contribution in [0.4, 0.5) is 0 Å². The molecule has 180 valence electrons. The number of benzene rings is 2. The molecule has 6 rings (SSSR count). The number of aliphatic carboxylic acids is 2. The lowest BCUT2D eigenvalue weighted by molar-refractivity contribution is -0.146. The lowest BCUT2D eigenvalue weighted by atomic mass is 9.97. The number of hydrogen-bond donors (Lipinski definition) is 3. The molecule has 1 aromatic heterocycles. The van der Waals surface area contributed by atoms with Crippen LogP contribution in [-0.4, -0.2) is 53.5 Å². The third kappa shape index (κ3) is 3.48. The van der Waals surface area contributed by atoms with Crippen LogP contribution in [0.1, 0.15) is 64.0 Å². The van der Waals surface area contributed by atoms with E-state index in [1.807, 2.05) is 58.0 Å². The molecule has 5 atom stereocenters. The molecule has 0 radical (unpaired) electrons. The van der Waals surface area contributed by atoms with E-state index in [2.05, 4.69) is 4.98 Å². The molecule has 0 amide bonds. The maximum atomic E-state index is 12.5. The summed E-state index contributed by atoms with van der Waals surface area (Å²) in [4.78, 5) is 30.3. The fourth-order valence-electron chi connectivity index (χ4n) is 5.49. The van der Waals surface area contributed by atoms with Crippen LogP contribution in [0, 0.1) is 0 Å². The van der Waals surface area contributed by atoms with Gasteiger partial charge in [-0.15, -0.1) is 11.8 Å². The predicted octanol–water partition coefficient (Wildman–Crippen LogP) is 3.07. The molecule has 0 saturated carbocycles. The average molecular weight is 494 g/mol. The Bertz CT molecular complexity index is 1330. The average Bonchev–Trinajstić information content (AvgIpc) is 3.51. The van der Waals surface area contributed by atoms with Crippen LogP contribution < -0.4 is 0 Å². The molecule has 10 heteroatoms. The number of fused-ring (bicyclic) bond motifs is 6. The summed E-state index contributed by atoms with van der Waals surface area (Å²) in [7, 11) is 0. The fraction of sp³-hybridized carbons (Fsp3) is 0.320. The zero-order valence-corrected chi connectivity index (χ0v) is 19.3. The highest BCUT2D eigenvalue weighted by molar-refractivity contribution is 7.99. The van der Waals surface area contributed by atoms with Crippen LogP contribution in [0.2, 0.25) is 0 Å². The SMILES string of the molecule is O=C(O)CCSC1c2ccccc2C2N1C(C(=O)O)Cc1c(C3OC(O)c4ccccc43)ncn12. The first-order valence-electron chi connectivity index (χ1n) is 11.4. The first-order valence-corrected chi connectivity index (χ1v) is 12.4. The van der Waals surface area contributed by atoms with Gasteiger partial charge in [-0.25, -0.2) is 9.88 Å². The van der Waals surface area contributed by atoms with E-state index in [1.54, 1.807) is 6.33 Å². The number of carboxylic acids is 2. The van der Waals surface area contributed by atoms with Gasteiger partial charge in [0.2, 0.25) is 0 Å². The van der Waals surface area contributed by atoms with Gasteiger partial charge in [-0.2, -0.15) is 0 Å². The Kier molecular flexibility index (Phi) is 5.41. The van der Waals surface area contributed by atoms with E-state index >= 15 is 0 Å². The molecule has 0 aliphatic carbocycles. The molecular formula is C25H23N3O6S. The van der Waals surface area contributed by atoms with E-state index in [9.17, 15) is 19.8 Å². The highest BCUT2D eigenvalue weighted by Gasteiger charge is 2.50. The first-order chi connectivity index (χ1) is 17.0. The van der Waals surface area contributed by atoms with Crippen LogP contribution in [0.3, 0.4) is 0 Å². The molecule has 3 aliphatic heterocycles. The van der Waals surface area contributed by atoms with E-state index in [1.165, 1.54) is 11.8 Å². The van der Waals surface area contributed by atoms with Crippen molar-refractivity contribution in [3.8, 4) is 0 Å². The summed E-state index contributed by atoms with van der Waals surface area (Å²) < 4.78 is 7.88. The molecule has 3 aromatic rings. The maximum absolute atomic E-state index is 12.5. The number of rotatable bonds is 6. The van der Waals surface area contributed by atoms with Gasteiger partial charge in [-0.05, 0) is 16.7 Å². The first kappa shape index (κ1) is 22.3. The summed E-state index contributed by atoms with van der Waals surface area (Å²) in [6, 6.07) is 14.4. The van der Waals surface area contributed by atoms with Crippen LogP contribution in [0.25, 0.3) is 0 Å². The second kappa shape index (κ2) is 8.49. The van der Waals surface area contributed by atoms with Crippen LogP contribution >= 0.6 is 11.8 Å². The van der Waals surface area contributed by atoms with Crippen molar-refractivity contribution < 1.29 is 29.6 Å². The van der Waals surface area contributed by atoms with Crippen LogP contribution in [0.5, 0.6) is 0 Å². The van der Waals surface area contributed by atoms with Gasteiger partial charge in [0.25, 0.3) is 0 Å². The third-order valence-electron chi connectivity index (χ3n) is 6.97. The van der Waals surface area contributed by atoms with E-state index in [-0.39, 0.29) is 24.4 Å². The van der Waals surface area contributed by atoms with E-state index in [0.29, 0.717) is 17.0 Å². The number of thioether (sulfide) groups is 1. The van der Waals surface area contributed by atoms with Crippen molar-refractivity contribution in [2.24, 2.45) is 0 Å². The maximum Gasteiger partial charge on any atom is 0.321 e. The van der Waals surface area contributed by atoms with Gasteiger partial charge in [0.15, 0.2) is 6.29 Å². The summed E-state index contributed by atoms with van der Waals surface area (Å²) in [6.45, 7) is 0. The summed E-state index contributed by atoms with van der Waals surface area (Å²) in [5, 5.41) is 29.5. The van der Waals surface area contributed by atoms with E-state index in [4.69, 9.17) is 9.84 Å². The molecule has 3 aliphatic rings. The van der Waals surface area contributed by atoms with Gasteiger partial charge in [0.1, 0.15) is 18.3 Å². The predicted molar refractivity (Wildman–Crippen MR) is 126 cm³/mol. The van der Waals surface area contributed by atoms with Gasteiger partial charge in [0, 0.05) is 23.4 Å². The number of carbonyl (C=O) groups is 2. The number of aliphatic hydroxyl groups excluding tert-OH is 1. The number of ether oxygens (including phenoxy) is 1. The topological polar surface area (TPSA) is 125 Å². The minimum absolute atomic E-state index is 0.000800. The quantitative estimate of drug-likeness (QED) is 0.475. The van der Waals surface area contributed by atoms with Crippen molar-refractivity contribution in [3.63, 3.8) is 0 Å². The van der Waals surface area contributed by atoms with Crippen molar-refractivity contribution in [1.82, 2.24) is 14.5 Å². The minimum atomic E-state index is -1.06. The van der Waals surface area contributed by atoms with Gasteiger partial charge >= 0.3 is 11.9 Å². The molecule has 2 aromatic carbocycles. The standard InChI is InChI=1S/C25H23N3O6S/c29-19(30)9-10-35-23-15-7-3-2-6-14(15)22-27-12-26-20(17(27)11-18(24(31)32)28(22)23)21-13-5-1-4-8-16(13)25(33)34-21/h1-8,12,18,21-23,25,33H,9-11H2,(H,29,30)(H,31,32). The molecule has 0 saturated heterocycles. The summed E-state index contributed by atoms with van der Waals surface area (Å²) in [5.41, 5.74) is 4.85. The Labute approximate surface area is 205 Å². The van der Waals surface area contributed by atoms with E-state index < -0.39 is 30.4 Å². The van der Waals surface area contributed by atoms with E-state index in [0.717, 1.165) is 22.4 Å². The molecular weight excluding hydrogens is 470 g/mol. The zero-order chi connectivity index (χ0) is 24.3. The number of aliphatic hydroxyl groups is 1. The molecule has 9 nitrogen and oxygen atoms in total. The molecule has 4 heterocycles. The van der Waals surface area contributed by atoms with Crippen molar-refractivity contribution in [2.45, 2.75) is 42.8 Å². The summed E-state index contributed by atoms with van der Waals surface area (Å²) in [5.74, 6) is -1.46. The normalized spacial score (nSPS) is 26.6. The lowest BCUT2D eigenvalue weighted by Gasteiger charge is -2.40. The number of aromatic nitrogens is 2. The summed E-state index contributed by atoms with van der Waals surface area (Å²) >= 11 is 1.45. The molecule has 0 spiro atoms. The molecule has 0 fully saturated rings. The van der Waals surface area contributed by atoms with Crippen molar-refractivity contribution in [3.05, 3.63) is 88.5 Å². The number of carboxylic acid groups (broad SMARTS) is 2. The highest BCUT2D eigenvalue weighted by atomic mass is 32.2. The second-order valence-corrected chi connectivity index (χ2v) is 10.0. The Morgan fingerprint density at radius 1 is 1.03 bits per heavy atom. The Balaban J connectivity index is 1.44. The Morgan fingerprint density at radius 2 is 1.71 bits per heavy atom. The fourth-order valence-corrected chi connectivity index (χ4v) is 6.83. The molecule has 0 bridgehead atoms. The Hall–Kier alpha value is -3.18. The molecule has 35 heavy (non-hydrogen) atoms. The summed E-state index contributed by atoms with van der Waals surface area (Å²) in [6.07, 6.45) is -0.106. The van der Waals surface area contributed by atoms with Gasteiger partial charge in [-0.1, -0.05) is 48.5 Å². The van der Waals surface area contributed by atoms with Crippen molar-refractivity contribution in [2.75, 3.05) is 5.75 Å². The van der Waals surface area contributed by atoms with Crippen LogP contribution in [-0.2, 0) is 20.7 Å². The van der Waals surface area contributed by atoms with Crippen molar-refractivity contribution in [1.29, 1.82) is 0 Å². The molecule has 5 unspecified atom stereocenters. The number of hydrogen-bond acceptors (Lipinski definition) is 7. The zero-order valence-electron chi connectivity index (χ0n) is 18.5. The molecule has 3 N–H and O–H groups in total. The van der Waals surface area contributed by atoms with Gasteiger partial charge < -0.3 is 24.6 Å². The third-order valence-corrected chi connectivity index (χ3v) is 8.22. The largest absolute Gasteiger partial charge is 0.481 e. The van der Waals surface area contributed by atoms with Gasteiger partial charge in [-0.3, -0.25) is 9.59 Å². The van der Waals surface area contributed by atoms with Crippen molar-refractivity contribution >= 4 is 23.7 Å². The Morgan fingerprint density at radius 3 is 2.43 bits per heavy atom. The lowest BCUT2D eigenvalue weighted by Crippen LogP contribution is -2.49. The number of imidazole rings is 1. The smallest absolute Gasteiger partial charge is 0.321 e. The van der Waals surface area contributed by atoms with Gasteiger partial charge in [0.05, 0.1) is 23.8 Å². The van der Waals surface area contributed by atoms with Crippen LogP contribution in [0.15, 0.2) is 54.9 Å². The highest BCUT2D eigenvalue weighted by Crippen LogP contribution is 2.53.